The van der Waals surface area contributed by atoms with Gasteiger partial charge >= 0.3 is 0 Å². The molecule has 58 heavy (non-hydrogen) atoms. The number of piperazine rings is 1. The molecule has 3 fully saturated rings. The van der Waals surface area contributed by atoms with E-state index in [4.69, 9.17) is 26.8 Å². The van der Waals surface area contributed by atoms with Crippen LogP contribution in [0, 0.1) is 22.2 Å². The highest BCUT2D eigenvalue weighted by Gasteiger charge is 2.68. The zero-order valence-electron chi connectivity index (χ0n) is 33.2. The van der Waals surface area contributed by atoms with Crippen LogP contribution in [0.3, 0.4) is 0 Å². The Morgan fingerprint density at radius 1 is 0.897 bits per heavy atom. The zero-order valence-corrected chi connectivity index (χ0v) is 34.0. The molecule has 7 rings (SSSR count). The van der Waals surface area contributed by atoms with Gasteiger partial charge in [0.1, 0.15) is 35.5 Å². The topological polar surface area (TPSA) is 179 Å². The van der Waals surface area contributed by atoms with E-state index in [9.17, 15) is 29.2 Å². The monoisotopic (exact) mass is 809 g/mol. The molecule has 0 bridgehead atoms. The molecule has 4 aliphatic rings. The number of unbranched alkanes of at least 4 members (excludes halogenated alkanes) is 2. The summed E-state index contributed by atoms with van der Waals surface area (Å²) in [6, 6.07) is 13.5. The van der Waals surface area contributed by atoms with Crippen LogP contribution in [-0.2, 0) is 9.59 Å². The van der Waals surface area contributed by atoms with Crippen molar-refractivity contribution in [2.24, 2.45) is 16.6 Å². The van der Waals surface area contributed by atoms with Crippen LogP contribution in [0.2, 0.25) is 5.02 Å². The number of hydrogen-bond donors (Lipinski definition) is 1. The molecule has 304 valence electrons. The van der Waals surface area contributed by atoms with Crippen LogP contribution in [0.15, 0.2) is 54.7 Å². The van der Waals surface area contributed by atoms with Gasteiger partial charge in [-0.15, -0.1) is 0 Å². The number of nitrogens with zero attached hydrogens (tertiary/aromatic N) is 6. The van der Waals surface area contributed by atoms with Gasteiger partial charge in [-0.05, 0) is 74.7 Å². The number of nitriles is 1. The Morgan fingerprint density at radius 3 is 2.26 bits per heavy atom. The van der Waals surface area contributed by atoms with E-state index in [1.807, 2.05) is 39.8 Å². The summed E-state index contributed by atoms with van der Waals surface area (Å²) in [7, 11) is 0. The number of benzene rings is 2. The Balaban J connectivity index is 0.907. The van der Waals surface area contributed by atoms with Crippen molar-refractivity contribution < 1.29 is 33.4 Å². The number of halogens is 1. The lowest BCUT2D eigenvalue weighted by Gasteiger charge is -2.65. The molecule has 1 aromatic heterocycles. The molecule has 0 spiro atoms. The van der Waals surface area contributed by atoms with Gasteiger partial charge in [0.25, 0.3) is 17.7 Å². The average molecular weight is 810 g/mol. The summed E-state index contributed by atoms with van der Waals surface area (Å²) in [5.41, 5.74) is 5.00. The van der Waals surface area contributed by atoms with Crippen molar-refractivity contribution in [1.82, 2.24) is 19.7 Å². The summed E-state index contributed by atoms with van der Waals surface area (Å²) >= 11 is 6.26. The van der Waals surface area contributed by atoms with E-state index < -0.39 is 52.6 Å². The average Bonchev–Trinajstić information content (AvgIpc) is 3.44. The minimum Gasteiger partial charge on any atom is -0.494 e. The molecule has 4 heterocycles. The summed E-state index contributed by atoms with van der Waals surface area (Å²) < 4.78 is 12.4. The van der Waals surface area contributed by atoms with E-state index in [-0.39, 0.29) is 34.9 Å². The van der Waals surface area contributed by atoms with Gasteiger partial charge in [-0.1, -0.05) is 39.3 Å². The molecule has 15 heteroatoms. The van der Waals surface area contributed by atoms with E-state index in [0.717, 1.165) is 62.7 Å². The molecule has 0 unspecified atom stereocenters. The Morgan fingerprint density at radius 2 is 1.60 bits per heavy atom. The van der Waals surface area contributed by atoms with Gasteiger partial charge in [0.05, 0.1) is 39.9 Å². The predicted octanol–water partition coefficient (Wildman–Crippen LogP) is 5.07. The summed E-state index contributed by atoms with van der Waals surface area (Å²) in [6.07, 6.45) is 3.89. The second kappa shape index (κ2) is 16.0. The maximum Gasteiger partial charge on any atom is 0.262 e. The Hall–Kier alpha value is -5.52. The minimum absolute atomic E-state index is 0.000659. The van der Waals surface area contributed by atoms with Crippen molar-refractivity contribution in [2.75, 3.05) is 44.2 Å². The van der Waals surface area contributed by atoms with E-state index in [0.29, 0.717) is 29.2 Å². The molecule has 3 aliphatic heterocycles. The third kappa shape index (κ3) is 7.49. The van der Waals surface area contributed by atoms with Gasteiger partial charge in [-0.2, -0.15) is 5.26 Å². The molecule has 14 nitrogen and oxygen atoms in total. The second-order valence-corrected chi connectivity index (χ2v) is 17.1. The minimum atomic E-state index is -1.13. The molecule has 1 saturated carbocycles. The number of pyridine rings is 1. The number of piperidine rings is 1. The Labute approximate surface area is 342 Å². The van der Waals surface area contributed by atoms with Crippen LogP contribution >= 0.6 is 11.6 Å². The molecule has 0 radical (unpaired) electrons. The number of primary amides is 1. The molecule has 5 amide bonds. The van der Waals surface area contributed by atoms with E-state index in [1.165, 1.54) is 11.1 Å². The van der Waals surface area contributed by atoms with Crippen molar-refractivity contribution in [1.29, 1.82) is 5.26 Å². The number of carbonyl (C=O) groups excluding carboxylic acids is 5. The highest BCUT2D eigenvalue weighted by atomic mass is 35.5. The van der Waals surface area contributed by atoms with Gasteiger partial charge in [-0.25, -0.2) is 4.98 Å². The first-order valence-corrected chi connectivity index (χ1v) is 20.1. The number of imide groups is 2. The van der Waals surface area contributed by atoms with Crippen LogP contribution in [-0.4, -0.2) is 107 Å². The first-order chi connectivity index (χ1) is 27.6. The maximum atomic E-state index is 14.3. The lowest BCUT2D eigenvalue weighted by Crippen LogP contribution is -2.77. The number of aromatic nitrogens is 1. The highest BCUT2D eigenvalue weighted by molar-refractivity contribution is 6.31. The summed E-state index contributed by atoms with van der Waals surface area (Å²) in [6.45, 7) is 12.6. The molecular formula is C43H48ClN7O7. The molecule has 3 aromatic rings. The largest absolute Gasteiger partial charge is 0.494 e. The first-order valence-electron chi connectivity index (χ1n) is 19.7. The number of rotatable bonds is 13. The molecule has 2 saturated heterocycles. The fourth-order valence-electron chi connectivity index (χ4n) is 9.51. The maximum absolute atomic E-state index is 14.3. The van der Waals surface area contributed by atoms with Crippen LogP contribution in [0.25, 0.3) is 0 Å². The second-order valence-electron chi connectivity index (χ2n) is 16.6. The van der Waals surface area contributed by atoms with Gasteiger partial charge in [0.2, 0.25) is 11.8 Å². The van der Waals surface area contributed by atoms with Crippen molar-refractivity contribution >= 4 is 47.0 Å². The number of hydrogen-bond acceptors (Lipinski definition) is 11. The quantitative estimate of drug-likeness (QED) is 0.180. The normalized spacial score (nSPS) is 22.7. The van der Waals surface area contributed by atoms with Gasteiger partial charge in [-0.3, -0.25) is 38.7 Å². The first kappa shape index (κ1) is 40.7. The number of nitrogens with two attached hydrogens (primary N) is 1. The lowest BCUT2D eigenvalue weighted by atomic mass is 9.48. The van der Waals surface area contributed by atoms with Crippen molar-refractivity contribution in [3.05, 3.63) is 82.0 Å². The number of fused-ring (bicyclic) bond motifs is 1. The van der Waals surface area contributed by atoms with Crippen LogP contribution in [0.5, 0.6) is 11.5 Å². The molecule has 2 aromatic carbocycles. The SMILES string of the molecule is CC1(C)C(Oc2ccc(C#N)c(Cl)c2)C(C)(C)C1N1C(=O)CC[C@@H](N2C(=O)c3ccc(OCCCCCN4CCN(c5ccc(C(N)=O)cn5)CC4)cc3C2=O)C1=O. The smallest absolute Gasteiger partial charge is 0.262 e. The zero-order chi connectivity index (χ0) is 41.5. The molecule has 1 atom stereocenters. The van der Waals surface area contributed by atoms with E-state index >= 15 is 0 Å². The lowest BCUT2D eigenvalue weighted by molar-refractivity contribution is -0.216. The summed E-state index contributed by atoms with van der Waals surface area (Å²) in [5, 5.41) is 9.52. The van der Waals surface area contributed by atoms with Gasteiger partial charge in [0, 0.05) is 55.7 Å². The van der Waals surface area contributed by atoms with Crippen molar-refractivity contribution in [3.63, 3.8) is 0 Å². The number of amides is 5. The van der Waals surface area contributed by atoms with Gasteiger partial charge < -0.3 is 20.1 Å². The Kier molecular flexibility index (Phi) is 11.2. The molecular weight excluding hydrogens is 762 g/mol. The predicted molar refractivity (Wildman–Crippen MR) is 215 cm³/mol. The Bertz CT molecular complexity index is 2160. The van der Waals surface area contributed by atoms with Crippen LogP contribution < -0.4 is 20.1 Å². The standard InChI is InChI=1S/C43H48ClN7O7/c1-42(2)40(43(3,4)41(42)58-29-10-8-26(24-45)32(44)23-29)51-35(52)15-13-33(39(51)56)50-37(54)30-12-11-28(22-31(30)38(50)55)57-21-7-5-6-16-48-17-19-49(20-18-48)34-14-9-27(25-47-34)36(46)53/h8-12,14,22-23,25,33,40-41H,5-7,13,15-21H2,1-4H3,(H2,46,53)/t33-,40?,41?/m1/s1. The molecule has 1 aliphatic carbocycles. The fraction of sp³-hybridized carbons (Fsp3) is 0.465. The third-order valence-corrected chi connectivity index (χ3v) is 12.4. The van der Waals surface area contributed by atoms with Crippen LogP contribution in [0.4, 0.5) is 5.82 Å². The third-order valence-electron chi connectivity index (χ3n) is 12.1. The van der Waals surface area contributed by atoms with Crippen molar-refractivity contribution in [3.8, 4) is 17.6 Å². The van der Waals surface area contributed by atoms with Gasteiger partial charge in [0.15, 0.2) is 0 Å². The van der Waals surface area contributed by atoms with E-state index in [1.54, 1.807) is 42.5 Å². The number of carbonyl (C=O) groups is 5. The summed E-state index contributed by atoms with van der Waals surface area (Å²) in [5.74, 6) is -0.805. The number of ether oxygens (including phenoxy) is 2. The summed E-state index contributed by atoms with van der Waals surface area (Å²) in [4.78, 5) is 77.9. The number of anilines is 1. The van der Waals surface area contributed by atoms with Crippen LogP contribution in [0.1, 0.15) is 96.4 Å². The van der Waals surface area contributed by atoms with Crippen molar-refractivity contribution in [2.45, 2.75) is 78.0 Å². The number of likely N-dealkylation sites (tertiary alicyclic amines) is 1. The fourth-order valence-corrected chi connectivity index (χ4v) is 9.72. The highest BCUT2D eigenvalue weighted by Crippen LogP contribution is 2.58. The molecule has 2 N–H and O–H groups in total. The van der Waals surface area contributed by atoms with E-state index in [2.05, 4.69) is 14.8 Å².